The van der Waals surface area contributed by atoms with E-state index in [2.05, 4.69) is 9.97 Å². The predicted molar refractivity (Wildman–Crippen MR) is 105 cm³/mol. The number of aromatic nitrogens is 2. The molecule has 3 aromatic rings. The van der Waals surface area contributed by atoms with Gasteiger partial charge in [0, 0.05) is 30.6 Å². The van der Waals surface area contributed by atoms with Crippen LogP contribution in [0.2, 0.25) is 5.02 Å². The summed E-state index contributed by atoms with van der Waals surface area (Å²) >= 11 is 6.40. The summed E-state index contributed by atoms with van der Waals surface area (Å²) in [5.74, 6) is -0.139. The molecular weight excluding hydrogens is 362 g/mol. The Bertz CT molecular complexity index is 918. The fourth-order valence-electron chi connectivity index (χ4n) is 2.98. The van der Waals surface area contributed by atoms with Gasteiger partial charge in [0.2, 0.25) is 5.91 Å². The van der Waals surface area contributed by atoms with Gasteiger partial charge < -0.3 is 10.0 Å². The van der Waals surface area contributed by atoms with E-state index >= 15 is 0 Å². The van der Waals surface area contributed by atoms with Crippen molar-refractivity contribution in [3.8, 4) is 5.75 Å². The number of hydrogen-bond donors (Lipinski definition) is 1. The Balaban J connectivity index is 1.85. The van der Waals surface area contributed by atoms with Gasteiger partial charge in [0.1, 0.15) is 12.1 Å². The maximum absolute atomic E-state index is 12.9. The Kier molecular flexibility index (Phi) is 6.04. The maximum Gasteiger partial charge on any atom is 0.223 e. The zero-order valence-electron chi connectivity index (χ0n) is 14.9. The first-order chi connectivity index (χ1) is 13.0. The van der Waals surface area contributed by atoms with Crippen molar-refractivity contribution in [2.24, 2.45) is 0 Å². The summed E-state index contributed by atoms with van der Waals surface area (Å²) in [6, 6.07) is 16.2. The van der Waals surface area contributed by atoms with Crippen molar-refractivity contribution in [1.29, 1.82) is 0 Å². The van der Waals surface area contributed by atoms with E-state index in [0.717, 1.165) is 16.8 Å². The highest BCUT2D eigenvalue weighted by Crippen LogP contribution is 2.34. The molecule has 0 bridgehead atoms. The minimum Gasteiger partial charge on any atom is -0.508 e. The predicted octanol–water partition coefficient (Wildman–Crippen LogP) is 4.02. The highest BCUT2D eigenvalue weighted by Gasteiger charge is 2.23. The Morgan fingerprint density at radius 2 is 2.00 bits per heavy atom. The van der Waals surface area contributed by atoms with E-state index in [0.29, 0.717) is 11.6 Å². The zero-order chi connectivity index (χ0) is 19.2. The van der Waals surface area contributed by atoms with E-state index in [1.54, 1.807) is 42.4 Å². The van der Waals surface area contributed by atoms with Crippen molar-refractivity contribution in [2.75, 3.05) is 7.05 Å². The smallest absolute Gasteiger partial charge is 0.223 e. The standard InChI is InChI=1S/C21H20ClN3O2/c1-25(13-16-9-10-23-14-24-16)21(27)12-19(15-5-4-6-17(26)11-15)18-7-2-3-8-20(18)22/h2-11,14,19,26H,12-13H2,1H3/t19-/m1/s1. The second-order valence-electron chi connectivity index (χ2n) is 6.32. The number of rotatable bonds is 6. The number of phenolic OH excluding ortho intramolecular Hbond substituents is 1. The molecule has 2 aromatic carbocycles. The molecule has 1 amide bonds. The van der Waals surface area contributed by atoms with Crippen LogP contribution in [0, 0.1) is 0 Å². The Hall–Kier alpha value is -2.92. The second kappa shape index (κ2) is 8.64. The van der Waals surface area contributed by atoms with Gasteiger partial charge in [-0.3, -0.25) is 4.79 Å². The van der Waals surface area contributed by atoms with Crippen LogP contribution < -0.4 is 0 Å². The van der Waals surface area contributed by atoms with Gasteiger partial charge >= 0.3 is 0 Å². The Morgan fingerprint density at radius 3 is 2.70 bits per heavy atom. The zero-order valence-corrected chi connectivity index (χ0v) is 15.7. The molecule has 1 aromatic heterocycles. The van der Waals surface area contributed by atoms with E-state index in [1.165, 1.54) is 6.33 Å². The minimum absolute atomic E-state index is 0.0399. The fraction of sp³-hybridized carbons (Fsp3) is 0.190. The molecule has 0 fully saturated rings. The molecule has 1 atom stereocenters. The average Bonchev–Trinajstić information content (AvgIpc) is 2.67. The summed E-state index contributed by atoms with van der Waals surface area (Å²) in [5, 5.41) is 10.5. The lowest BCUT2D eigenvalue weighted by Crippen LogP contribution is -2.28. The number of carbonyl (C=O) groups excluding carboxylic acids is 1. The van der Waals surface area contributed by atoms with Crippen LogP contribution in [0.3, 0.4) is 0 Å². The highest BCUT2D eigenvalue weighted by molar-refractivity contribution is 6.31. The largest absolute Gasteiger partial charge is 0.508 e. The molecule has 1 N–H and O–H groups in total. The van der Waals surface area contributed by atoms with Crippen molar-refractivity contribution in [3.63, 3.8) is 0 Å². The van der Waals surface area contributed by atoms with Gasteiger partial charge in [-0.15, -0.1) is 0 Å². The monoisotopic (exact) mass is 381 g/mol. The summed E-state index contributed by atoms with van der Waals surface area (Å²) in [6.07, 6.45) is 3.35. The van der Waals surface area contributed by atoms with E-state index in [-0.39, 0.29) is 24.0 Å². The van der Waals surface area contributed by atoms with Crippen LogP contribution in [0.25, 0.3) is 0 Å². The summed E-state index contributed by atoms with van der Waals surface area (Å²) in [5.41, 5.74) is 2.47. The lowest BCUT2D eigenvalue weighted by molar-refractivity contribution is -0.130. The second-order valence-corrected chi connectivity index (χ2v) is 6.73. The normalized spacial score (nSPS) is 11.8. The lowest BCUT2D eigenvalue weighted by atomic mass is 9.88. The van der Waals surface area contributed by atoms with E-state index < -0.39 is 0 Å². The number of benzene rings is 2. The summed E-state index contributed by atoms with van der Waals surface area (Å²) in [7, 11) is 1.75. The lowest BCUT2D eigenvalue weighted by Gasteiger charge is -2.23. The van der Waals surface area contributed by atoms with Crippen LogP contribution in [0.1, 0.15) is 29.2 Å². The van der Waals surface area contributed by atoms with Crippen molar-refractivity contribution in [3.05, 3.63) is 89.0 Å². The van der Waals surface area contributed by atoms with Gasteiger partial charge in [0.25, 0.3) is 0 Å². The topological polar surface area (TPSA) is 66.3 Å². The van der Waals surface area contributed by atoms with Gasteiger partial charge in [0.05, 0.1) is 12.2 Å². The number of nitrogens with zero attached hydrogens (tertiary/aromatic N) is 3. The molecule has 0 saturated carbocycles. The molecular formula is C21H20ClN3O2. The molecule has 6 heteroatoms. The molecule has 5 nitrogen and oxygen atoms in total. The maximum atomic E-state index is 12.9. The SMILES string of the molecule is CN(Cc1ccncn1)C(=O)C[C@H](c1cccc(O)c1)c1ccccc1Cl. The first-order valence-corrected chi connectivity index (χ1v) is 8.94. The quantitative estimate of drug-likeness (QED) is 0.700. The number of amides is 1. The molecule has 0 radical (unpaired) electrons. The molecule has 0 saturated heterocycles. The third-order valence-corrected chi connectivity index (χ3v) is 4.74. The minimum atomic E-state index is -0.258. The van der Waals surface area contributed by atoms with Crippen LogP contribution >= 0.6 is 11.6 Å². The summed E-state index contributed by atoms with van der Waals surface area (Å²) in [6.45, 7) is 0.399. The fourth-order valence-corrected chi connectivity index (χ4v) is 3.25. The third kappa shape index (κ3) is 4.83. The number of phenols is 1. The molecule has 27 heavy (non-hydrogen) atoms. The average molecular weight is 382 g/mol. The van der Waals surface area contributed by atoms with E-state index in [9.17, 15) is 9.90 Å². The van der Waals surface area contributed by atoms with Crippen LogP contribution in [-0.4, -0.2) is 32.9 Å². The third-order valence-electron chi connectivity index (χ3n) is 4.40. The van der Waals surface area contributed by atoms with Crippen molar-refractivity contribution < 1.29 is 9.90 Å². The molecule has 0 unspecified atom stereocenters. The summed E-state index contributed by atoms with van der Waals surface area (Å²) in [4.78, 5) is 22.6. The molecule has 1 heterocycles. The Morgan fingerprint density at radius 1 is 1.19 bits per heavy atom. The molecule has 0 aliphatic rings. The van der Waals surface area contributed by atoms with Gasteiger partial charge in [0.15, 0.2) is 0 Å². The van der Waals surface area contributed by atoms with Gasteiger partial charge in [-0.05, 0) is 35.4 Å². The van der Waals surface area contributed by atoms with Crippen LogP contribution in [-0.2, 0) is 11.3 Å². The van der Waals surface area contributed by atoms with Crippen LogP contribution in [0.15, 0.2) is 67.1 Å². The van der Waals surface area contributed by atoms with Gasteiger partial charge in [-0.2, -0.15) is 0 Å². The van der Waals surface area contributed by atoms with Crippen LogP contribution in [0.4, 0.5) is 0 Å². The first-order valence-electron chi connectivity index (χ1n) is 8.57. The van der Waals surface area contributed by atoms with Crippen molar-refractivity contribution in [1.82, 2.24) is 14.9 Å². The van der Waals surface area contributed by atoms with E-state index in [1.807, 2.05) is 30.3 Å². The molecule has 138 valence electrons. The molecule has 3 rings (SSSR count). The van der Waals surface area contributed by atoms with Crippen molar-refractivity contribution >= 4 is 17.5 Å². The number of aromatic hydroxyl groups is 1. The number of hydrogen-bond acceptors (Lipinski definition) is 4. The summed E-state index contributed by atoms with van der Waals surface area (Å²) < 4.78 is 0. The number of halogens is 1. The van der Waals surface area contributed by atoms with E-state index in [4.69, 9.17) is 11.6 Å². The Labute approximate surface area is 163 Å². The van der Waals surface area contributed by atoms with Gasteiger partial charge in [-0.1, -0.05) is 41.9 Å². The van der Waals surface area contributed by atoms with Crippen LogP contribution in [0.5, 0.6) is 5.75 Å². The molecule has 0 spiro atoms. The molecule has 0 aliphatic carbocycles. The van der Waals surface area contributed by atoms with Gasteiger partial charge in [-0.25, -0.2) is 9.97 Å². The number of carbonyl (C=O) groups is 1. The van der Waals surface area contributed by atoms with Crippen molar-refractivity contribution in [2.45, 2.75) is 18.9 Å². The highest BCUT2D eigenvalue weighted by atomic mass is 35.5. The molecule has 0 aliphatic heterocycles. The first kappa shape index (κ1) is 18.9.